The summed E-state index contributed by atoms with van der Waals surface area (Å²) in [6, 6.07) is 0. The Morgan fingerprint density at radius 1 is 1.56 bits per heavy atom. The van der Waals surface area contributed by atoms with E-state index in [1.807, 2.05) is 13.1 Å². The van der Waals surface area contributed by atoms with Crippen molar-refractivity contribution in [3.63, 3.8) is 0 Å². The number of hydrogen-bond donors (Lipinski definition) is 0. The molecule has 0 spiro atoms. The summed E-state index contributed by atoms with van der Waals surface area (Å²) in [5.74, 6) is 2.18. The molecule has 100 valence electrons. The Morgan fingerprint density at radius 2 is 2.39 bits per heavy atom. The van der Waals surface area contributed by atoms with Crippen LogP contribution in [0.3, 0.4) is 0 Å². The van der Waals surface area contributed by atoms with Crippen LogP contribution in [0.25, 0.3) is 0 Å². The molecule has 0 bridgehead atoms. The van der Waals surface area contributed by atoms with Gasteiger partial charge in [0.05, 0.1) is 12.0 Å². The van der Waals surface area contributed by atoms with E-state index in [1.54, 1.807) is 0 Å². The van der Waals surface area contributed by atoms with E-state index in [1.165, 1.54) is 0 Å². The molecule has 1 unspecified atom stereocenters. The van der Waals surface area contributed by atoms with Crippen LogP contribution in [0, 0.1) is 6.92 Å². The third kappa shape index (κ3) is 3.12. The van der Waals surface area contributed by atoms with Crippen LogP contribution in [-0.4, -0.2) is 35.8 Å². The number of rotatable bonds is 5. The van der Waals surface area contributed by atoms with Gasteiger partial charge in [0.15, 0.2) is 0 Å². The SMILES string of the molecule is CCN(CC1CCCO1)c1nc(C)ncc1CCl. The summed E-state index contributed by atoms with van der Waals surface area (Å²) in [7, 11) is 0. The molecule has 0 saturated carbocycles. The summed E-state index contributed by atoms with van der Waals surface area (Å²) in [6.45, 7) is 6.70. The molecular weight excluding hydrogens is 250 g/mol. The van der Waals surface area contributed by atoms with Crippen molar-refractivity contribution in [2.45, 2.75) is 38.7 Å². The zero-order chi connectivity index (χ0) is 13.0. The van der Waals surface area contributed by atoms with Gasteiger partial charge in [-0.3, -0.25) is 0 Å². The number of halogens is 1. The monoisotopic (exact) mass is 269 g/mol. The van der Waals surface area contributed by atoms with Crippen molar-refractivity contribution >= 4 is 17.4 Å². The second kappa shape index (κ2) is 6.34. The lowest BCUT2D eigenvalue weighted by Crippen LogP contribution is -2.33. The summed E-state index contributed by atoms with van der Waals surface area (Å²) < 4.78 is 5.69. The van der Waals surface area contributed by atoms with E-state index in [0.29, 0.717) is 12.0 Å². The fourth-order valence-electron chi connectivity index (χ4n) is 2.25. The van der Waals surface area contributed by atoms with Gasteiger partial charge in [0.25, 0.3) is 0 Å². The number of ether oxygens (including phenoxy) is 1. The quantitative estimate of drug-likeness (QED) is 0.770. The third-order valence-corrected chi connectivity index (χ3v) is 3.52. The maximum absolute atomic E-state index is 5.96. The van der Waals surface area contributed by atoms with Gasteiger partial charge in [0, 0.05) is 31.5 Å². The third-order valence-electron chi connectivity index (χ3n) is 3.24. The van der Waals surface area contributed by atoms with Crippen LogP contribution >= 0.6 is 11.6 Å². The Labute approximate surface area is 113 Å². The number of aryl methyl sites for hydroxylation is 1. The lowest BCUT2D eigenvalue weighted by atomic mass is 10.2. The van der Waals surface area contributed by atoms with Gasteiger partial charge in [-0.2, -0.15) is 0 Å². The first-order chi connectivity index (χ1) is 8.74. The predicted octanol–water partition coefficient (Wildman–Crippen LogP) is 2.53. The molecule has 5 heteroatoms. The molecule has 0 amide bonds. The second-order valence-electron chi connectivity index (χ2n) is 4.57. The Bertz CT molecular complexity index is 394. The number of nitrogens with zero attached hydrogens (tertiary/aromatic N) is 3. The molecule has 1 aromatic heterocycles. The van der Waals surface area contributed by atoms with E-state index in [4.69, 9.17) is 16.3 Å². The number of hydrogen-bond acceptors (Lipinski definition) is 4. The van der Waals surface area contributed by atoms with Crippen molar-refractivity contribution in [3.05, 3.63) is 17.6 Å². The van der Waals surface area contributed by atoms with Crippen LogP contribution in [0.5, 0.6) is 0 Å². The van der Waals surface area contributed by atoms with Crippen molar-refractivity contribution in [3.8, 4) is 0 Å². The summed E-state index contributed by atoms with van der Waals surface area (Å²) in [6.07, 6.45) is 4.44. The highest BCUT2D eigenvalue weighted by Gasteiger charge is 2.21. The topological polar surface area (TPSA) is 38.2 Å². The molecule has 0 N–H and O–H groups in total. The molecule has 2 rings (SSSR count). The van der Waals surface area contributed by atoms with E-state index in [9.17, 15) is 0 Å². The average molecular weight is 270 g/mol. The first-order valence-electron chi connectivity index (χ1n) is 6.49. The zero-order valence-electron chi connectivity index (χ0n) is 11.0. The van der Waals surface area contributed by atoms with E-state index >= 15 is 0 Å². The smallest absolute Gasteiger partial charge is 0.136 e. The molecule has 1 atom stereocenters. The molecule has 0 aromatic carbocycles. The summed E-state index contributed by atoms with van der Waals surface area (Å²) >= 11 is 5.96. The van der Waals surface area contributed by atoms with Gasteiger partial charge in [0.1, 0.15) is 11.6 Å². The Morgan fingerprint density at radius 3 is 3.00 bits per heavy atom. The Balaban J connectivity index is 2.17. The van der Waals surface area contributed by atoms with Crippen molar-refractivity contribution in [1.29, 1.82) is 0 Å². The number of alkyl halides is 1. The summed E-state index contributed by atoms with van der Waals surface area (Å²) in [5.41, 5.74) is 0.988. The Hall–Kier alpha value is -0.870. The van der Waals surface area contributed by atoms with Crippen LogP contribution in [0.15, 0.2) is 6.20 Å². The van der Waals surface area contributed by atoms with Crippen molar-refractivity contribution in [2.75, 3.05) is 24.6 Å². The summed E-state index contributed by atoms with van der Waals surface area (Å²) in [4.78, 5) is 11.0. The average Bonchev–Trinajstić information content (AvgIpc) is 2.88. The summed E-state index contributed by atoms with van der Waals surface area (Å²) in [5, 5.41) is 0. The van der Waals surface area contributed by atoms with Gasteiger partial charge in [-0.1, -0.05) is 0 Å². The van der Waals surface area contributed by atoms with Crippen LogP contribution in [0.1, 0.15) is 31.2 Å². The molecule has 18 heavy (non-hydrogen) atoms. The van der Waals surface area contributed by atoms with Crippen LogP contribution in [0.4, 0.5) is 5.82 Å². The minimum absolute atomic E-state index is 0.323. The van der Waals surface area contributed by atoms with Crippen LogP contribution in [0.2, 0.25) is 0 Å². The van der Waals surface area contributed by atoms with Crippen molar-refractivity contribution in [1.82, 2.24) is 9.97 Å². The zero-order valence-corrected chi connectivity index (χ0v) is 11.8. The molecule has 1 fully saturated rings. The number of likely N-dealkylation sites (N-methyl/N-ethyl adjacent to an activating group) is 1. The highest BCUT2D eigenvalue weighted by molar-refractivity contribution is 6.17. The minimum Gasteiger partial charge on any atom is -0.376 e. The maximum atomic E-state index is 5.96. The van der Waals surface area contributed by atoms with Crippen molar-refractivity contribution in [2.24, 2.45) is 0 Å². The van der Waals surface area contributed by atoms with Crippen LogP contribution in [-0.2, 0) is 10.6 Å². The Kier molecular flexibility index (Phi) is 4.78. The molecule has 1 saturated heterocycles. The fourth-order valence-corrected chi connectivity index (χ4v) is 2.44. The van der Waals surface area contributed by atoms with Gasteiger partial charge in [-0.25, -0.2) is 9.97 Å². The molecule has 4 nitrogen and oxygen atoms in total. The normalized spacial score (nSPS) is 19.2. The lowest BCUT2D eigenvalue weighted by molar-refractivity contribution is 0.115. The van der Waals surface area contributed by atoms with E-state index in [0.717, 1.165) is 49.7 Å². The van der Waals surface area contributed by atoms with Crippen molar-refractivity contribution < 1.29 is 4.74 Å². The first-order valence-corrected chi connectivity index (χ1v) is 7.03. The minimum atomic E-state index is 0.323. The highest BCUT2D eigenvalue weighted by atomic mass is 35.5. The first kappa shape index (κ1) is 13.6. The molecule has 2 heterocycles. The van der Waals surface area contributed by atoms with Gasteiger partial charge in [-0.15, -0.1) is 11.6 Å². The fraction of sp³-hybridized carbons (Fsp3) is 0.692. The lowest BCUT2D eigenvalue weighted by Gasteiger charge is -2.26. The number of aromatic nitrogens is 2. The van der Waals surface area contributed by atoms with Gasteiger partial charge in [-0.05, 0) is 26.7 Å². The standard InChI is InChI=1S/C13H20ClN3O/c1-3-17(9-12-5-4-6-18-12)13-11(7-14)8-15-10(2)16-13/h8,12H,3-7,9H2,1-2H3. The molecule has 1 aromatic rings. The molecule has 0 aliphatic carbocycles. The molecule has 1 aliphatic rings. The van der Waals surface area contributed by atoms with Gasteiger partial charge < -0.3 is 9.64 Å². The van der Waals surface area contributed by atoms with Crippen LogP contribution < -0.4 is 4.90 Å². The molecular formula is C13H20ClN3O. The van der Waals surface area contributed by atoms with Gasteiger partial charge in [0.2, 0.25) is 0 Å². The predicted molar refractivity (Wildman–Crippen MR) is 73.2 cm³/mol. The van der Waals surface area contributed by atoms with E-state index < -0.39 is 0 Å². The van der Waals surface area contributed by atoms with E-state index in [-0.39, 0.29) is 0 Å². The number of anilines is 1. The highest BCUT2D eigenvalue weighted by Crippen LogP contribution is 2.22. The maximum Gasteiger partial charge on any atom is 0.136 e. The largest absolute Gasteiger partial charge is 0.376 e. The molecule has 1 aliphatic heterocycles. The second-order valence-corrected chi connectivity index (χ2v) is 4.84. The van der Waals surface area contributed by atoms with E-state index in [2.05, 4.69) is 21.8 Å². The van der Waals surface area contributed by atoms with Gasteiger partial charge >= 0.3 is 0 Å². The molecule has 0 radical (unpaired) electrons.